The van der Waals surface area contributed by atoms with Crippen LogP contribution in [-0.2, 0) is 14.3 Å². The van der Waals surface area contributed by atoms with Crippen LogP contribution >= 0.6 is 0 Å². The molecule has 1 aromatic carbocycles. The van der Waals surface area contributed by atoms with Crippen molar-refractivity contribution in [3.63, 3.8) is 0 Å². The molecule has 0 spiro atoms. The second-order valence-electron chi connectivity index (χ2n) is 5.22. The molecule has 0 radical (unpaired) electrons. The first-order valence-electron chi connectivity index (χ1n) is 7.24. The third-order valence-corrected chi connectivity index (χ3v) is 5.76. The zero-order valence-corrected chi connectivity index (χ0v) is 14.1. The molecular formula is C17H22O3Se. The van der Waals surface area contributed by atoms with Gasteiger partial charge in [0.25, 0.3) is 0 Å². The van der Waals surface area contributed by atoms with E-state index in [9.17, 15) is 4.79 Å². The molecular weight excluding hydrogens is 331 g/mol. The maximum atomic E-state index is 12.4. The van der Waals surface area contributed by atoms with Gasteiger partial charge in [-0.25, -0.2) is 0 Å². The van der Waals surface area contributed by atoms with Crippen LogP contribution in [0.2, 0.25) is 0 Å². The number of hydrogen-bond acceptors (Lipinski definition) is 3. The van der Waals surface area contributed by atoms with Gasteiger partial charge in [-0.2, -0.15) is 0 Å². The van der Waals surface area contributed by atoms with Gasteiger partial charge < -0.3 is 0 Å². The van der Waals surface area contributed by atoms with Gasteiger partial charge in [0.1, 0.15) is 0 Å². The van der Waals surface area contributed by atoms with Crippen molar-refractivity contribution in [1.29, 1.82) is 0 Å². The Hall–Kier alpha value is -0.931. The SMILES string of the molecule is C=CCCC(OCOC)[C@@H]1C[C@H]1C(=O)[Se]c1ccccc1. The van der Waals surface area contributed by atoms with Gasteiger partial charge in [0.05, 0.1) is 0 Å². The first-order chi connectivity index (χ1) is 10.3. The summed E-state index contributed by atoms with van der Waals surface area (Å²) < 4.78 is 12.3. The fourth-order valence-electron chi connectivity index (χ4n) is 2.44. The second kappa shape index (κ2) is 8.50. The van der Waals surface area contributed by atoms with Crippen LogP contribution in [0.15, 0.2) is 43.0 Å². The Labute approximate surface area is 132 Å². The molecule has 1 saturated carbocycles. The zero-order chi connectivity index (χ0) is 15.1. The Kier molecular flexibility index (Phi) is 6.65. The molecule has 0 bridgehead atoms. The van der Waals surface area contributed by atoms with Crippen LogP contribution in [0.25, 0.3) is 0 Å². The molecule has 1 unspecified atom stereocenters. The Morgan fingerprint density at radius 1 is 1.48 bits per heavy atom. The molecule has 0 saturated heterocycles. The van der Waals surface area contributed by atoms with E-state index >= 15 is 0 Å². The van der Waals surface area contributed by atoms with Crippen LogP contribution in [0.5, 0.6) is 0 Å². The van der Waals surface area contributed by atoms with Gasteiger partial charge in [-0.1, -0.05) is 0 Å². The molecule has 1 aromatic rings. The van der Waals surface area contributed by atoms with Crippen molar-refractivity contribution in [2.24, 2.45) is 11.8 Å². The predicted octanol–water partition coefficient (Wildman–Crippen LogP) is 2.13. The van der Waals surface area contributed by atoms with Gasteiger partial charge in [-0.15, -0.1) is 0 Å². The third-order valence-electron chi connectivity index (χ3n) is 3.64. The normalized spacial score (nSPS) is 21.8. The van der Waals surface area contributed by atoms with Crippen molar-refractivity contribution in [2.45, 2.75) is 25.4 Å². The first kappa shape index (κ1) is 16.4. The van der Waals surface area contributed by atoms with Crippen molar-refractivity contribution >= 4 is 24.1 Å². The molecule has 0 aromatic heterocycles. The third kappa shape index (κ3) is 5.08. The number of carbonyl (C=O) groups excluding carboxylic acids is 1. The molecule has 1 aliphatic carbocycles. The number of rotatable bonds is 10. The van der Waals surface area contributed by atoms with Crippen molar-refractivity contribution in [3.05, 3.63) is 43.0 Å². The van der Waals surface area contributed by atoms with Gasteiger partial charge in [0.2, 0.25) is 0 Å². The summed E-state index contributed by atoms with van der Waals surface area (Å²) in [5.74, 6) is 0.537. The Morgan fingerprint density at radius 2 is 2.24 bits per heavy atom. The average Bonchev–Trinajstić information content (AvgIpc) is 3.29. The van der Waals surface area contributed by atoms with Gasteiger partial charge >= 0.3 is 132 Å². The van der Waals surface area contributed by atoms with Gasteiger partial charge in [-0.3, -0.25) is 0 Å². The summed E-state index contributed by atoms with van der Waals surface area (Å²) >= 11 is -0.0785. The molecule has 1 aliphatic rings. The quantitative estimate of drug-likeness (QED) is 0.367. The maximum absolute atomic E-state index is 12.4. The molecule has 0 N–H and O–H groups in total. The molecule has 4 heteroatoms. The van der Waals surface area contributed by atoms with Crippen LogP contribution in [-0.4, -0.2) is 39.6 Å². The van der Waals surface area contributed by atoms with E-state index in [0.717, 1.165) is 23.7 Å². The minimum absolute atomic E-state index is 0.0785. The van der Waals surface area contributed by atoms with Crippen LogP contribution in [0.4, 0.5) is 0 Å². The Morgan fingerprint density at radius 3 is 2.90 bits per heavy atom. The number of ether oxygens (including phenoxy) is 2. The van der Waals surface area contributed by atoms with Gasteiger partial charge in [0.15, 0.2) is 0 Å². The van der Waals surface area contributed by atoms with E-state index in [2.05, 4.69) is 6.58 Å². The van der Waals surface area contributed by atoms with Gasteiger partial charge in [0, 0.05) is 0 Å². The molecule has 21 heavy (non-hydrogen) atoms. The van der Waals surface area contributed by atoms with Gasteiger partial charge in [-0.05, 0) is 0 Å². The molecule has 0 heterocycles. The van der Waals surface area contributed by atoms with Crippen LogP contribution in [0.3, 0.4) is 0 Å². The summed E-state index contributed by atoms with van der Waals surface area (Å²) in [6, 6.07) is 10.0. The summed E-state index contributed by atoms with van der Waals surface area (Å²) in [5, 5.41) is 0. The average molecular weight is 353 g/mol. The number of carbonyl (C=O) groups is 1. The van der Waals surface area contributed by atoms with E-state index in [-0.39, 0.29) is 27.0 Å². The fraction of sp³-hybridized carbons (Fsp3) is 0.471. The second-order valence-corrected chi connectivity index (χ2v) is 7.48. The van der Waals surface area contributed by atoms with E-state index < -0.39 is 0 Å². The minimum atomic E-state index is -0.0785. The van der Waals surface area contributed by atoms with Crippen LogP contribution in [0.1, 0.15) is 19.3 Å². The standard InChI is InChI=1S/C17H22O3Se/c1-3-4-10-16(20-12-19-2)14-11-15(14)17(18)21-13-8-6-5-7-9-13/h3,5-9,14-16H,1,4,10-12H2,2H3/t14-,15-,16?/m1/s1. The summed E-state index contributed by atoms with van der Waals surface area (Å²) in [6.45, 7) is 4.05. The Balaban J connectivity index is 1.85. The molecule has 3 atom stereocenters. The molecule has 114 valence electrons. The number of allylic oxidation sites excluding steroid dienone is 1. The van der Waals surface area contributed by atoms with E-state index in [1.165, 1.54) is 0 Å². The summed E-state index contributed by atoms with van der Waals surface area (Å²) in [4.78, 5) is 12.4. The van der Waals surface area contributed by atoms with Crippen molar-refractivity contribution < 1.29 is 14.3 Å². The summed E-state index contributed by atoms with van der Waals surface area (Å²) in [6.07, 6.45) is 4.80. The Bertz CT molecular complexity index is 460. The monoisotopic (exact) mass is 354 g/mol. The molecule has 0 aliphatic heterocycles. The molecule has 2 rings (SSSR count). The van der Waals surface area contributed by atoms with Crippen molar-refractivity contribution in [2.75, 3.05) is 13.9 Å². The predicted molar refractivity (Wildman–Crippen MR) is 84.6 cm³/mol. The number of methoxy groups -OCH3 is 1. The van der Waals surface area contributed by atoms with E-state index in [4.69, 9.17) is 9.47 Å². The molecule has 1 fully saturated rings. The molecule has 0 amide bonds. The summed E-state index contributed by atoms with van der Waals surface area (Å²) in [5.41, 5.74) is 0. The summed E-state index contributed by atoms with van der Waals surface area (Å²) in [7, 11) is 1.62. The number of hydrogen-bond donors (Lipinski definition) is 0. The number of benzene rings is 1. The van der Waals surface area contributed by atoms with Crippen LogP contribution < -0.4 is 4.46 Å². The van der Waals surface area contributed by atoms with E-state index in [0.29, 0.717) is 17.4 Å². The van der Waals surface area contributed by atoms with Crippen LogP contribution in [0, 0.1) is 11.8 Å². The first-order valence-corrected chi connectivity index (χ1v) is 8.95. The van der Waals surface area contributed by atoms with Crippen molar-refractivity contribution in [3.8, 4) is 0 Å². The molecule has 3 nitrogen and oxygen atoms in total. The fourth-order valence-corrected chi connectivity index (χ4v) is 4.42. The topological polar surface area (TPSA) is 35.5 Å². The van der Waals surface area contributed by atoms with Crippen molar-refractivity contribution in [1.82, 2.24) is 0 Å². The van der Waals surface area contributed by atoms with E-state index in [1.54, 1.807) is 7.11 Å². The zero-order valence-electron chi connectivity index (χ0n) is 12.4. The van der Waals surface area contributed by atoms with E-state index in [1.807, 2.05) is 36.4 Å².